The Kier molecular flexibility index (Phi) is 6.57. The molecule has 0 radical (unpaired) electrons. The van der Waals surface area contributed by atoms with Gasteiger partial charge in [0.2, 0.25) is 0 Å². The molecule has 0 spiro atoms. The van der Waals surface area contributed by atoms with Crippen molar-refractivity contribution in [2.24, 2.45) is 0 Å². The first kappa shape index (κ1) is 23.1. The van der Waals surface area contributed by atoms with Crippen molar-refractivity contribution in [1.29, 1.82) is 0 Å². The first-order chi connectivity index (χ1) is 17.1. The zero-order chi connectivity index (χ0) is 24.4. The van der Waals surface area contributed by atoms with Gasteiger partial charge in [-0.1, -0.05) is 54.6 Å². The molecule has 1 atom stereocenters. The minimum Gasteiger partial charge on any atom is -0.493 e. The summed E-state index contributed by atoms with van der Waals surface area (Å²) in [6.45, 7) is 4.63. The van der Waals surface area contributed by atoms with Crippen LogP contribution < -0.4 is 4.74 Å². The van der Waals surface area contributed by atoms with Crippen LogP contribution in [0.3, 0.4) is 0 Å². The van der Waals surface area contributed by atoms with E-state index in [0.29, 0.717) is 6.61 Å². The van der Waals surface area contributed by atoms with Crippen LogP contribution in [0.15, 0.2) is 66.9 Å². The summed E-state index contributed by atoms with van der Waals surface area (Å²) in [6.07, 6.45) is 3.09. The monoisotopic (exact) mass is 469 g/mol. The van der Waals surface area contributed by atoms with Crippen LogP contribution in [0.25, 0.3) is 32.8 Å². The van der Waals surface area contributed by atoms with E-state index in [4.69, 9.17) is 4.74 Å². The molecule has 0 aliphatic heterocycles. The third kappa shape index (κ3) is 4.55. The van der Waals surface area contributed by atoms with Gasteiger partial charge >= 0.3 is 0 Å². The topological polar surface area (TPSA) is 83.3 Å². The number of fused-ring (bicyclic) bond motifs is 2. The second kappa shape index (κ2) is 9.94. The maximum Gasteiger partial charge on any atom is 0.127 e. The molecular weight excluding hydrogens is 438 g/mol. The van der Waals surface area contributed by atoms with Crippen molar-refractivity contribution in [1.82, 2.24) is 14.8 Å². The van der Waals surface area contributed by atoms with E-state index < -0.39 is 6.10 Å². The number of aromatic amines is 1. The lowest BCUT2D eigenvalue weighted by Crippen LogP contribution is -2.21. The molecule has 5 aromatic rings. The van der Waals surface area contributed by atoms with Crippen LogP contribution in [0, 0.1) is 13.8 Å². The Morgan fingerprint density at radius 2 is 1.77 bits per heavy atom. The van der Waals surface area contributed by atoms with Crippen LogP contribution in [-0.2, 0) is 13.0 Å². The van der Waals surface area contributed by atoms with E-state index in [1.54, 1.807) is 4.68 Å². The van der Waals surface area contributed by atoms with E-state index in [2.05, 4.69) is 52.7 Å². The first-order valence-corrected chi connectivity index (χ1v) is 12.1. The van der Waals surface area contributed by atoms with Gasteiger partial charge in [0, 0.05) is 33.8 Å². The largest absolute Gasteiger partial charge is 0.493 e. The number of H-pyrrole nitrogens is 1. The van der Waals surface area contributed by atoms with E-state index in [1.165, 1.54) is 16.3 Å². The predicted molar refractivity (Wildman–Crippen MR) is 140 cm³/mol. The van der Waals surface area contributed by atoms with Gasteiger partial charge in [-0.25, -0.2) is 0 Å². The van der Waals surface area contributed by atoms with E-state index >= 15 is 0 Å². The number of aliphatic hydroxyl groups is 2. The Labute approximate surface area is 204 Å². The number of aliphatic hydroxyl groups excluding tert-OH is 2. The molecule has 0 bridgehead atoms. The lowest BCUT2D eigenvalue weighted by atomic mass is 9.99. The molecule has 0 amide bonds. The Morgan fingerprint density at radius 1 is 1.00 bits per heavy atom. The Bertz CT molecular complexity index is 1460. The highest BCUT2D eigenvalue weighted by Gasteiger charge is 2.18. The van der Waals surface area contributed by atoms with Gasteiger partial charge in [-0.15, -0.1) is 0 Å². The van der Waals surface area contributed by atoms with Crippen molar-refractivity contribution in [2.45, 2.75) is 39.3 Å². The lowest BCUT2D eigenvalue weighted by molar-refractivity contribution is 0.0777. The van der Waals surface area contributed by atoms with Crippen LogP contribution in [0.2, 0.25) is 0 Å². The highest BCUT2D eigenvalue weighted by Crippen LogP contribution is 2.34. The fraction of sp³-hybridized carbons (Fsp3) is 0.276. The summed E-state index contributed by atoms with van der Waals surface area (Å²) in [6, 6.07) is 20.8. The normalized spacial score (nSPS) is 12.5. The van der Waals surface area contributed by atoms with Crippen LogP contribution in [0.4, 0.5) is 0 Å². The highest BCUT2D eigenvalue weighted by molar-refractivity contribution is 5.97. The molecule has 2 aromatic heterocycles. The zero-order valence-electron chi connectivity index (χ0n) is 20.2. The van der Waals surface area contributed by atoms with Gasteiger partial charge in [0.15, 0.2) is 0 Å². The summed E-state index contributed by atoms with van der Waals surface area (Å²) < 4.78 is 7.91. The maximum absolute atomic E-state index is 9.88. The molecule has 6 heteroatoms. The van der Waals surface area contributed by atoms with Crippen molar-refractivity contribution in [2.75, 3.05) is 13.2 Å². The third-order valence-electron chi connectivity index (χ3n) is 6.64. The van der Waals surface area contributed by atoms with E-state index in [9.17, 15) is 10.2 Å². The quantitative estimate of drug-likeness (QED) is 0.260. The van der Waals surface area contributed by atoms with Crippen molar-refractivity contribution in [3.8, 4) is 16.9 Å². The number of aromatic nitrogens is 3. The summed E-state index contributed by atoms with van der Waals surface area (Å²) in [5.74, 6) is 0.929. The number of rotatable bonds is 9. The zero-order valence-corrected chi connectivity index (χ0v) is 20.2. The molecule has 2 heterocycles. The maximum atomic E-state index is 9.88. The van der Waals surface area contributed by atoms with Gasteiger partial charge in [-0.3, -0.25) is 4.68 Å². The third-order valence-corrected chi connectivity index (χ3v) is 6.64. The molecule has 35 heavy (non-hydrogen) atoms. The van der Waals surface area contributed by atoms with Gasteiger partial charge in [0.05, 0.1) is 37.1 Å². The SMILES string of the molecule is Cc1nn(CC(O)CO)c(C)c1-c1cccc2c(CCCOc3cccc4ccccc34)c[nH]c12. The fourth-order valence-electron chi connectivity index (χ4n) is 4.92. The molecule has 6 nitrogen and oxygen atoms in total. The number of ether oxygens (including phenoxy) is 1. The number of para-hydroxylation sites is 1. The van der Waals surface area contributed by atoms with Gasteiger partial charge in [0.25, 0.3) is 0 Å². The highest BCUT2D eigenvalue weighted by atomic mass is 16.5. The molecule has 1 unspecified atom stereocenters. The number of hydrogen-bond acceptors (Lipinski definition) is 4. The summed E-state index contributed by atoms with van der Waals surface area (Å²) in [5, 5.41) is 27.3. The molecule has 180 valence electrons. The second-order valence-corrected chi connectivity index (χ2v) is 9.04. The number of benzene rings is 3. The average molecular weight is 470 g/mol. The van der Waals surface area contributed by atoms with Gasteiger partial charge < -0.3 is 19.9 Å². The van der Waals surface area contributed by atoms with Crippen LogP contribution in [-0.4, -0.2) is 44.3 Å². The summed E-state index contributed by atoms with van der Waals surface area (Å²) in [4.78, 5) is 3.49. The minimum atomic E-state index is -0.829. The van der Waals surface area contributed by atoms with Crippen LogP contribution in [0.5, 0.6) is 5.75 Å². The number of nitrogens with zero attached hydrogens (tertiary/aromatic N) is 2. The fourth-order valence-corrected chi connectivity index (χ4v) is 4.92. The number of aryl methyl sites for hydroxylation is 2. The molecule has 5 rings (SSSR count). The van der Waals surface area contributed by atoms with E-state index in [1.807, 2.05) is 38.1 Å². The Balaban J connectivity index is 1.33. The minimum absolute atomic E-state index is 0.270. The summed E-state index contributed by atoms with van der Waals surface area (Å²) in [7, 11) is 0. The molecule has 0 aliphatic carbocycles. The molecule has 3 aromatic carbocycles. The van der Waals surface area contributed by atoms with Crippen molar-refractivity contribution in [3.05, 3.63) is 83.8 Å². The van der Waals surface area contributed by atoms with Crippen LogP contribution >= 0.6 is 0 Å². The van der Waals surface area contributed by atoms with Crippen molar-refractivity contribution < 1.29 is 14.9 Å². The standard InChI is InChI=1S/C29H31N3O3/c1-19-28(20(2)32(31-19)17-23(34)18-33)26-13-6-12-25-22(16-30-29(25)26)10-7-15-35-27-14-5-9-21-8-3-4-11-24(21)27/h3-6,8-9,11-14,16,23,30,33-34H,7,10,15,17-18H2,1-2H3. The van der Waals surface area contributed by atoms with Gasteiger partial charge in [0.1, 0.15) is 5.75 Å². The molecule has 0 saturated carbocycles. The van der Waals surface area contributed by atoms with Crippen molar-refractivity contribution >= 4 is 21.7 Å². The first-order valence-electron chi connectivity index (χ1n) is 12.1. The lowest BCUT2D eigenvalue weighted by Gasteiger charge is -2.10. The molecule has 0 fully saturated rings. The number of nitrogens with one attached hydrogen (secondary N) is 1. The Morgan fingerprint density at radius 3 is 2.63 bits per heavy atom. The van der Waals surface area contributed by atoms with E-state index in [-0.39, 0.29) is 13.2 Å². The summed E-state index contributed by atoms with van der Waals surface area (Å²) in [5.41, 5.74) is 6.39. The van der Waals surface area contributed by atoms with Crippen LogP contribution in [0.1, 0.15) is 23.4 Å². The molecule has 0 aliphatic rings. The summed E-state index contributed by atoms with van der Waals surface area (Å²) >= 11 is 0. The smallest absolute Gasteiger partial charge is 0.127 e. The average Bonchev–Trinajstić information content (AvgIpc) is 3.41. The van der Waals surface area contributed by atoms with Gasteiger partial charge in [-0.05, 0) is 43.7 Å². The Hall–Kier alpha value is -3.61. The molecule has 3 N–H and O–H groups in total. The second-order valence-electron chi connectivity index (χ2n) is 9.04. The van der Waals surface area contributed by atoms with E-state index in [0.717, 1.165) is 52.0 Å². The molecular formula is C29H31N3O3. The predicted octanol–water partition coefficient (Wildman–Crippen LogP) is 5.17. The molecule has 0 saturated heterocycles. The number of hydrogen-bond donors (Lipinski definition) is 3. The van der Waals surface area contributed by atoms with Crippen molar-refractivity contribution in [3.63, 3.8) is 0 Å². The van der Waals surface area contributed by atoms with Gasteiger partial charge in [-0.2, -0.15) is 5.10 Å².